The molecular weight excluding hydrogens is 160 g/mol. The van der Waals surface area contributed by atoms with Crippen LogP contribution in [0.5, 0.6) is 0 Å². The fourth-order valence-corrected chi connectivity index (χ4v) is 3.23. The van der Waals surface area contributed by atoms with Gasteiger partial charge in [0.2, 0.25) is 0 Å². The highest BCUT2D eigenvalue weighted by Crippen LogP contribution is 2.50. The maximum absolute atomic E-state index is 9.39. The van der Waals surface area contributed by atoms with E-state index < -0.39 is 0 Å². The molecule has 1 saturated carbocycles. The lowest BCUT2D eigenvalue weighted by molar-refractivity contribution is -0.0176. The fraction of sp³-hybridized carbons (Fsp3) is 0.833. The third-order valence-electron chi connectivity index (χ3n) is 3.73. The van der Waals surface area contributed by atoms with Crippen LogP contribution in [0.15, 0.2) is 12.2 Å². The molecule has 0 aromatic carbocycles. The van der Waals surface area contributed by atoms with Crippen LogP contribution < -0.4 is 0 Å². The summed E-state index contributed by atoms with van der Waals surface area (Å²) in [6, 6.07) is 0. The minimum Gasteiger partial charge on any atom is -0.396 e. The Balaban J connectivity index is 1.84. The van der Waals surface area contributed by atoms with E-state index in [0.29, 0.717) is 12.0 Å². The highest BCUT2D eigenvalue weighted by atomic mass is 16.3. The van der Waals surface area contributed by atoms with Crippen LogP contribution >= 0.6 is 0 Å². The predicted molar refractivity (Wildman–Crippen MR) is 54.4 cm³/mol. The zero-order chi connectivity index (χ0) is 9.31. The van der Waals surface area contributed by atoms with Crippen molar-refractivity contribution in [3.05, 3.63) is 12.2 Å². The van der Waals surface area contributed by atoms with Crippen molar-refractivity contribution >= 4 is 0 Å². The van der Waals surface area contributed by atoms with Crippen molar-refractivity contribution in [3.63, 3.8) is 0 Å². The molecule has 0 radical (unpaired) electrons. The number of aliphatic hydroxyl groups is 1. The van der Waals surface area contributed by atoms with E-state index in [1.807, 2.05) is 0 Å². The van der Waals surface area contributed by atoms with E-state index in [4.69, 9.17) is 0 Å². The van der Waals surface area contributed by atoms with Gasteiger partial charge in [-0.3, -0.25) is 0 Å². The van der Waals surface area contributed by atoms with Gasteiger partial charge in [-0.25, -0.2) is 0 Å². The summed E-state index contributed by atoms with van der Waals surface area (Å²) in [5.41, 5.74) is 0.316. The minimum atomic E-state index is 0.316. The molecule has 0 unspecified atom stereocenters. The molecule has 1 fully saturated rings. The third kappa shape index (κ3) is 1.80. The summed E-state index contributed by atoms with van der Waals surface area (Å²) < 4.78 is 0. The molecule has 0 bridgehead atoms. The van der Waals surface area contributed by atoms with Crippen LogP contribution in [0.4, 0.5) is 0 Å². The Kier molecular flexibility index (Phi) is 2.46. The highest BCUT2D eigenvalue weighted by molar-refractivity contribution is 4.99. The summed E-state index contributed by atoms with van der Waals surface area (Å²) in [5, 5.41) is 9.39. The molecule has 0 saturated heterocycles. The van der Waals surface area contributed by atoms with Gasteiger partial charge in [0, 0.05) is 6.61 Å². The average Bonchev–Trinajstić information content (AvgIpc) is 2.53. The molecule has 1 heteroatoms. The Morgan fingerprint density at radius 3 is 2.38 bits per heavy atom. The molecule has 74 valence electrons. The van der Waals surface area contributed by atoms with Gasteiger partial charge >= 0.3 is 0 Å². The molecule has 0 atom stereocenters. The van der Waals surface area contributed by atoms with E-state index in [-0.39, 0.29) is 0 Å². The van der Waals surface area contributed by atoms with Gasteiger partial charge in [-0.1, -0.05) is 19.1 Å². The second-order valence-electron chi connectivity index (χ2n) is 5.18. The number of aliphatic hydroxyl groups excluding tert-OH is 1. The van der Waals surface area contributed by atoms with Crippen molar-refractivity contribution in [3.8, 4) is 0 Å². The predicted octanol–water partition coefficient (Wildman–Crippen LogP) is 2.75. The van der Waals surface area contributed by atoms with Crippen molar-refractivity contribution in [1.82, 2.24) is 0 Å². The first kappa shape index (κ1) is 9.26. The first-order valence-electron chi connectivity index (χ1n) is 5.50. The molecule has 13 heavy (non-hydrogen) atoms. The molecule has 2 aliphatic rings. The number of hydrogen-bond acceptors (Lipinski definition) is 1. The average molecular weight is 180 g/mol. The summed E-state index contributed by atoms with van der Waals surface area (Å²) in [7, 11) is 0. The zero-order valence-electron chi connectivity index (χ0n) is 8.50. The van der Waals surface area contributed by atoms with Crippen LogP contribution in [0.3, 0.4) is 0 Å². The van der Waals surface area contributed by atoms with Crippen molar-refractivity contribution in [2.75, 3.05) is 6.61 Å². The van der Waals surface area contributed by atoms with Crippen molar-refractivity contribution in [2.45, 2.75) is 39.0 Å². The SMILES string of the molecule is CC1CC(CO)(CC2CC=CC2)C1. The Morgan fingerprint density at radius 1 is 1.31 bits per heavy atom. The van der Waals surface area contributed by atoms with Crippen molar-refractivity contribution in [1.29, 1.82) is 0 Å². The Morgan fingerprint density at radius 2 is 1.92 bits per heavy atom. The van der Waals surface area contributed by atoms with E-state index in [9.17, 15) is 5.11 Å². The van der Waals surface area contributed by atoms with Gasteiger partial charge < -0.3 is 5.11 Å². The van der Waals surface area contributed by atoms with E-state index >= 15 is 0 Å². The maximum atomic E-state index is 9.39. The van der Waals surface area contributed by atoms with Gasteiger partial charge in [0.15, 0.2) is 0 Å². The maximum Gasteiger partial charge on any atom is 0.0487 e. The normalized spacial score (nSPS) is 39.4. The summed E-state index contributed by atoms with van der Waals surface area (Å²) >= 11 is 0. The number of rotatable bonds is 3. The molecule has 1 nitrogen and oxygen atoms in total. The van der Waals surface area contributed by atoms with Gasteiger partial charge in [-0.05, 0) is 49.4 Å². The van der Waals surface area contributed by atoms with Gasteiger partial charge in [0.25, 0.3) is 0 Å². The zero-order valence-corrected chi connectivity index (χ0v) is 8.50. The van der Waals surface area contributed by atoms with Crippen molar-refractivity contribution < 1.29 is 5.11 Å². The fourth-order valence-electron chi connectivity index (χ4n) is 3.23. The van der Waals surface area contributed by atoms with Crippen LogP contribution in [0.1, 0.15) is 39.0 Å². The molecule has 0 aromatic heterocycles. The lowest BCUT2D eigenvalue weighted by Crippen LogP contribution is -2.40. The smallest absolute Gasteiger partial charge is 0.0487 e. The van der Waals surface area contributed by atoms with E-state index in [1.54, 1.807) is 0 Å². The van der Waals surface area contributed by atoms with E-state index in [2.05, 4.69) is 19.1 Å². The molecule has 0 heterocycles. The molecule has 0 amide bonds. The van der Waals surface area contributed by atoms with Crippen LogP contribution in [0.2, 0.25) is 0 Å². The Hall–Kier alpha value is -0.300. The summed E-state index contributed by atoms with van der Waals surface area (Å²) in [6.07, 6.45) is 10.8. The van der Waals surface area contributed by atoms with Gasteiger partial charge in [0.1, 0.15) is 0 Å². The summed E-state index contributed by atoms with van der Waals surface area (Å²) in [5.74, 6) is 1.68. The second kappa shape index (κ2) is 3.45. The molecule has 0 spiro atoms. The van der Waals surface area contributed by atoms with Gasteiger partial charge in [0.05, 0.1) is 0 Å². The van der Waals surface area contributed by atoms with Gasteiger partial charge in [-0.2, -0.15) is 0 Å². The van der Waals surface area contributed by atoms with Crippen molar-refractivity contribution in [2.24, 2.45) is 17.3 Å². The van der Waals surface area contributed by atoms with Crippen LogP contribution in [-0.4, -0.2) is 11.7 Å². The monoisotopic (exact) mass is 180 g/mol. The van der Waals surface area contributed by atoms with Crippen LogP contribution in [0.25, 0.3) is 0 Å². The van der Waals surface area contributed by atoms with E-state index in [1.165, 1.54) is 32.1 Å². The first-order chi connectivity index (χ1) is 6.24. The molecule has 1 N–H and O–H groups in total. The first-order valence-corrected chi connectivity index (χ1v) is 5.50. The van der Waals surface area contributed by atoms with Gasteiger partial charge in [-0.15, -0.1) is 0 Å². The standard InChI is InChI=1S/C12H20O/c1-10-6-12(7-10,9-13)8-11-4-2-3-5-11/h2-3,10-11,13H,4-9H2,1H3. The number of allylic oxidation sites excluding steroid dienone is 2. The topological polar surface area (TPSA) is 20.2 Å². The third-order valence-corrected chi connectivity index (χ3v) is 3.73. The largest absolute Gasteiger partial charge is 0.396 e. The molecule has 2 aliphatic carbocycles. The molecule has 0 aromatic rings. The lowest BCUT2D eigenvalue weighted by atomic mass is 9.59. The quantitative estimate of drug-likeness (QED) is 0.662. The second-order valence-corrected chi connectivity index (χ2v) is 5.18. The highest BCUT2D eigenvalue weighted by Gasteiger charge is 2.42. The molecule has 2 rings (SSSR count). The number of hydrogen-bond donors (Lipinski definition) is 1. The van der Waals surface area contributed by atoms with Crippen LogP contribution in [-0.2, 0) is 0 Å². The molecular formula is C12H20O. The lowest BCUT2D eigenvalue weighted by Gasteiger charge is -2.47. The Bertz CT molecular complexity index is 193. The summed E-state index contributed by atoms with van der Waals surface area (Å²) in [4.78, 5) is 0. The summed E-state index contributed by atoms with van der Waals surface area (Å²) in [6.45, 7) is 2.70. The molecule has 0 aliphatic heterocycles. The minimum absolute atomic E-state index is 0.316. The van der Waals surface area contributed by atoms with E-state index in [0.717, 1.165) is 11.8 Å². The Labute approximate surface area is 80.8 Å². The van der Waals surface area contributed by atoms with Crippen LogP contribution in [0, 0.1) is 17.3 Å².